The Morgan fingerprint density at radius 1 is 0.543 bits per heavy atom. The number of hydrogen-bond acceptors (Lipinski definition) is 14. The molecule has 0 amide bonds. The Labute approximate surface area is 268 Å². The fraction of sp³-hybridized carbons (Fsp3) is 0.600. The van der Waals surface area contributed by atoms with E-state index in [1.54, 1.807) is 0 Å². The Balaban J connectivity index is 1.87. The normalized spacial score (nSPS) is 10.8. The summed E-state index contributed by atoms with van der Waals surface area (Å²) >= 11 is 0. The summed E-state index contributed by atoms with van der Waals surface area (Å²) < 4.78 is 47.5. The van der Waals surface area contributed by atoms with Gasteiger partial charge in [0.1, 0.15) is 26.3 Å². The molecule has 0 unspecified atom stereocenters. The molecule has 0 aliphatic carbocycles. The SMILES string of the molecule is C=CC(=O)OCCOCCOCCOCCOCCOCCOCCOCCOC(=O)c1ccc(N(CC(=O)O)CC(=O)O)cc1. The third-order valence-corrected chi connectivity index (χ3v) is 5.45. The van der Waals surface area contributed by atoms with Crippen LogP contribution in [0.25, 0.3) is 0 Å². The minimum Gasteiger partial charge on any atom is -0.480 e. The minimum absolute atomic E-state index is 0.0291. The van der Waals surface area contributed by atoms with Crippen molar-refractivity contribution < 1.29 is 72.0 Å². The first-order valence-corrected chi connectivity index (χ1v) is 14.6. The molecule has 2 N–H and O–H groups in total. The zero-order valence-electron chi connectivity index (χ0n) is 26.0. The molecule has 0 bridgehead atoms. The van der Waals surface area contributed by atoms with Gasteiger partial charge >= 0.3 is 23.9 Å². The van der Waals surface area contributed by atoms with E-state index in [-0.39, 0.29) is 25.4 Å². The molecule has 0 aliphatic rings. The van der Waals surface area contributed by atoms with Gasteiger partial charge in [0.05, 0.1) is 98.1 Å². The predicted molar refractivity (Wildman–Crippen MR) is 161 cm³/mol. The van der Waals surface area contributed by atoms with Crippen LogP contribution in [-0.4, -0.2) is 153 Å². The minimum atomic E-state index is -1.17. The number of esters is 2. The van der Waals surface area contributed by atoms with Crippen molar-refractivity contribution in [3.8, 4) is 0 Å². The highest BCUT2D eigenvalue weighted by Crippen LogP contribution is 2.16. The number of carboxylic acids is 2. The molecule has 0 saturated heterocycles. The van der Waals surface area contributed by atoms with Gasteiger partial charge in [-0.25, -0.2) is 9.59 Å². The quantitative estimate of drug-likeness (QED) is 0.0640. The van der Waals surface area contributed by atoms with E-state index >= 15 is 0 Å². The smallest absolute Gasteiger partial charge is 0.338 e. The summed E-state index contributed by atoms with van der Waals surface area (Å²) in [5.41, 5.74) is 0.591. The fourth-order valence-electron chi connectivity index (χ4n) is 3.33. The highest BCUT2D eigenvalue weighted by Gasteiger charge is 2.15. The Morgan fingerprint density at radius 2 is 0.870 bits per heavy atom. The van der Waals surface area contributed by atoms with Crippen LogP contribution in [0.5, 0.6) is 0 Å². The summed E-state index contributed by atoms with van der Waals surface area (Å²) in [4.78, 5) is 46.1. The number of aliphatic carboxylic acids is 2. The Bertz CT molecular complexity index is 973. The number of carbonyl (C=O) groups excluding carboxylic acids is 2. The third-order valence-electron chi connectivity index (χ3n) is 5.45. The van der Waals surface area contributed by atoms with E-state index < -0.39 is 37.0 Å². The molecule has 16 heteroatoms. The molecule has 0 heterocycles. The van der Waals surface area contributed by atoms with Crippen molar-refractivity contribution in [3.63, 3.8) is 0 Å². The number of hydrogen-bond donors (Lipinski definition) is 2. The largest absolute Gasteiger partial charge is 0.480 e. The molecule has 0 aliphatic heterocycles. The van der Waals surface area contributed by atoms with Crippen molar-refractivity contribution >= 4 is 29.6 Å². The van der Waals surface area contributed by atoms with Gasteiger partial charge in [0, 0.05) is 11.8 Å². The summed E-state index contributed by atoms with van der Waals surface area (Å²) in [5.74, 6) is -3.41. The van der Waals surface area contributed by atoms with Crippen molar-refractivity contribution in [2.45, 2.75) is 0 Å². The lowest BCUT2D eigenvalue weighted by molar-refractivity contribution is -0.139. The van der Waals surface area contributed by atoms with Gasteiger partial charge in [0.15, 0.2) is 0 Å². The number of ether oxygens (including phenoxy) is 9. The number of nitrogens with zero attached hydrogens (tertiary/aromatic N) is 1. The molecule has 0 fully saturated rings. The second-order valence-corrected chi connectivity index (χ2v) is 8.98. The second kappa shape index (κ2) is 27.7. The molecule has 1 rings (SSSR count). The van der Waals surface area contributed by atoms with Crippen LogP contribution in [0.3, 0.4) is 0 Å². The van der Waals surface area contributed by atoms with Crippen LogP contribution in [0, 0.1) is 0 Å². The second-order valence-electron chi connectivity index (χ2n) is 8.98. The molecule has 0 spiro atoms. The van der Waals surface area contributed by atoms with Crippen LogP contribution in [0.4, 0.5) is 5.69 Å². The number of carbonyl (C=O) groups is 4. The zero-order valence-corrected chi connectivity index (χ0v) is 26.0. The maximum atomic E-state index is 12.2. The lowest BCUT2D eigenvalue weighted by Gasteiger charge is -2.20. The number of rotatable bonds is 31. The maximum Gasteiger partial charge on any atom is 0.338 e. The number of benzene rings is 1. The van der Waals surface area contributed by atoms with Crippen LogP contribution in [0.15, 0.2) is 36.9 Å². The van der Waals surface area contributed by atoms with Gasteiger partial charge in [-0.3, -0.25) is 9.59 Å². The van der Waals surface area contributed by atoms with Gasteiger partial charge in [-0.05, 0) is 24.3 Å². The van der Waals surface area contributed by atoms with Gasteiger partial charge in [-0.15, -0.1) is 0 Å². The summed E-state index contributed by atoms with van der Waals surface area (Å²) in [7, 11) is 0. The Morgan fingerprint density at radius 3 is 1.20 bits per heavy atom. The lowest BCUT2D eigenvalue weighted by atomic mass is 10.2. The first-order chi connectivity index (χ1) is 22.3. The van der Waals surface area contributed by atoms with Gasteiger partial charge in [0.2, 0.25) is 0 Å². The predicted octanol–water partition coefficient (Wildman–Crippen LogP) is 0.664. The van der Waals surface area contributed by atoms with Crippen molar-refractivity contribution in [1.29, 1.82) is 0 Å². The van der Waals surface area contributed by atoms with Gasteiger partial charge in [-0.1, -0.05) is 6.58 Å². The molecule has 0 radical (unpaired) electrons. The Kier molecular flexibility index (Phi) is 24.3. The third kappa shape index (κ3) is 22.8. The van der Waals surface area contributed by atoms with E-state index in [2.05, 4.69) is 6.58 Å². The summed E-state index contributed by atoms with van der Waals surface area (Å²) in [6, 6.07) is 5.79. The molecule has 0 saturated carbocycles. The Hall–Kier alpha value is -3.64. The zero-order chi connectivity index (χ0) is 33.7. The first kappa shape index (κ1) is 40.4. The van der Waals surface area contributed by atoms with Gasteiger partial charge < -0.3 is 57.7 Å². The summed E-state index contributed by atoms with van der Waals surface area (Å²) in [6.45, 7) is 7.87. The first-order valence-electron chi connectivity index (χ1n) is 14.6. The summed E-state index contributed by atoms with van der Waals surface area (Å²) in [5, 5.41) is 17.9. The molecule has 0 atom stereocenters. The van der Waals surface area contributed by atoms with Crippen LogP contribution in [-0.2, 0) is 57.0 Å². The van der Waals surface area contributed by atoms with Crippen LogP contribution >= 0.6 is 0 Å². The average molecular weight is 660 g/mol. The van der Waals surface area contributed by atoms with Crippen molar-refractivity contribution in [2.75, 3.05) is 124 Å². The van der Waals surface area contributed by atoms with Crippen molar-refractivity contribution in [2.24, 2.45) is 0 Å². The lowest BCUT2D eigenvalue weighted by Crippen LogP contribution is -2.34. The monoisotopic (exact) mass is 659 g/mol. The van der Waals surface area contributed by atoms with Crippen LogP contribution < -0.4 is 4.90 Å². The molecule has 16 nitrogen and oxygen atoms in total. The van der Waals surface area contributed by atoms with Crippen molar-refractivity contribution in [3.05, 3.63) is 42.5 Å². The van der Waals surface area contributed by atoms with Gasteiger partial charge in [0.25, 0.3) is 0 Å². The van der Waals surface area contributed by atoms with E-state index in [4.69, 9.17) is 52.8 Å². The molecule has 46 heavy (non-hydrogen) atoms. The van der Waals surface area contributed by atoms with E-state index in [1.165, 1.54) is 24.3 Å². The molecule has 260 valence electrons. The van der Waals surface area contributed by atoms with E-state index in [9.17, 15) is 19.2 Å². The van der Waals surface area contributed by atoms with Gasteiger partial charge in [-0.2, -0.15) is 0 Å². The highest BCUT2D eigenvalue weighted by atomic mass is 16.6. The number of carboxylic acid groups (broad SMARTS) is 2. The van der Waals surface area contributed by atoms with E-state index in [1.807, 2.05) is 0 Å². The molecular formula is C30H45NO15. The molecule has 0 aromatic heterocycles. The van der Waals surface area contributed by atoms with E-state index in [0.29, 0.717) is 91.6 Å². The van der Waals surface area contributed by atoms with Crippen LogP contribution in [0.2, 0.25) is 0 Å². The molecular weight excluding hydrogens is 614 g/mol. The van der Waals surface area contributed by atoms with E-state index in [0.717, 1.165) is 11.0 Å². The average Bonchev–Trinajstić information content (AvgIpc) is 3.03. The van der Waals surface area contributed by atoms with Crippen molar-refractivity contribution in [1.82, 2.24) is 0 Å². The molecule has 1 aromatic carbocycles. The molecule has 1 aromatic rings. The standard InChI is InChI=1S/C30H45NO15/c1-2-29(36)45-21-19-43-17-15-41-13-11-39-9-7-38-8-10-40-12-14-42-16-18-44-20-22-46-30(37)25-3-5-26(6-4-25)31(23-27(32)33)24-28(34)35/h2-6H,1,7-24H2,(H,32,33)(H,34,35). The highest BCUT2D eigenvalue weighted by molar-refractivity contribution is 5.90. The number of anilines is 1. The van der Waals surface area contributed by atoms with Crippen LogP contribution in [0.1, 0.15) is 10.4 Å². The summed E-state index contributed by atoms with van der Waals surface area (Å²) in [6.07, 6.45) is 1.10. The fourth-order valence-corrected chi connectivity index (χ4v) is 3.33. The topological polar surface area (TPSA) is 195 Å². The maximum absolute atomic E-state index is 12.2.